The lowest BCUT2D eigenvalue weighted by Gasteiger charge is -2.18. The minimum atomic E-state index is 0.0690. The van der Waals surface area contributed by atoms with Crippen molar-refractivity contribution in [1.82, 2.24) is 9.27 Å². The highest BCUT2D eigenvalue weighted by Gasteiger charge is 2.20. The van der Waals surface area contributed by atoms with E-state index in [4.69, 9.17) is 4.74 Å². The Morgan fingerprint density at radius 2 is 1.88 bits per heavy atom. The Morgan fingerprint density at radius 1 is 1.18 bits per heavy atom. The van der Waals surface area contributed by atoms with Crippen LogP contribution in [0.5, 0.6) is 10.8 Å². The molecule has 6 heteroatoms. The van der Waals surface area contributed by atoms with Crippen molar-refractivity contribution in [3.63, 3.8) is 0 Å². The van der Waals surface area contributed by atoms with E-state index in [0.29, 0.717) is 22.1 Å². The number of hydrogen-bond donors (Lipinski definition) is 0. The third-order valence-corrected chi connectivity index (χ3v) is 6.03. The molecule has 0 amide bonds. The van der Waals surface area contributed by atoms with Crippen molar-refractivity contribution in [2.75, 3.05) is 13.6 Å². The second-order valence-corrected chi connectivity index (χ2v) is 9.85. The molecule has 1 aromatic heterocycles. The van der Waals surface area contributed by atoms with Crippen molar-refractivity contribution < 1.29 is 4.74 Å². The van der Waals surface area contributed by atoms with Gasteiger partial charge in [0.15, 0.2) is 0 Å². The van der Waals surface area contributed by atoms with Crippen LogP contribution in [0, 0.1) is 25.2 Å². The topological polar surface area (TPSA) is 61.5 Å². The lowest BCUT2D eigenvalue weighted by Crippen LogP contribution is -2.15. The smallest absolute Gasteiger partial charge is 0.218 e. The summed E-state index contributed by atoms with van der Waals surface area (Å²) in [6, 6.07) is 14.4. The number of benzene rings is 2. The molecule has 33 heavy (non-hydrogen) atoms. The predicted octanol–water partition coefficient (Wildman–Crippen LogP) is 7.17. The van der Waals surface area contributed by atoms with E-state index < -0.39 is 0 Å². The van der Waals surface area contributed by atoms with E-state index in [1.807, 2.05) is 56.1 Å². The fourth-order valence-electron chi connectivity index (χ4n) is 3.30. The number of likely N-dealkylation sites (N-methyl/N-ethyl adjacent to an activating group) is 1. The number of ether oxygens (including phenoxy) is 1. The molecule has 0 saturated heterocycles. The molecular weight excluding hydrogens is 428 g/mol. The summed E-state index contributed by atoms with van der Waals surface area (Å²) in [7, 11) is 1.95. The van der Waals surface area contributed by atoms with Crippen LogP contribution in [0.25, 0.3) is 11.3 Å². The number of nitrogens with zero attached hydrogens (tertiary/aromatic N) is 4. The molecule has 0 aliphatic rings. The molecule has 0 N–H and O–H groups in total. The van der Waals surface area contributed by atoms with Gasteiger partial charge >= 0.3 is 0 Å². The lowest BCUT2D eigenvalue weighted by molar-refractivity contribution is 0.491. The van der Waals surface area contributed by atoms with E-state index in [1.165, 1.54) is 17.1 Å². The van der Waals surface area contributed by atoms with Gasteiger partial charge in [0, 0.05) is 30.7 Å². The quantitative estimate of drug-likeness (QED) is 0.214. The van der Waals surface area contributed by atoms with Crippen LogP contribution in [0.2, 0.25) is 0 Å². The van der Waals surface area contributed by atoms with Gasteiger partial charge in [0.1, 0.15) is 23.1 Å². The number of aromatic nitrogens is 1. The van der Waals surface area contributed by atoms with Crippen molar-refractivity contribution in [3.8, 4) is 28.1 Å². The van der Waals surface area contributed by atoms with Gasteiger partial charge in [-0.25, -0.2) is 4.99 Å². The van der Waals surface area contributed by atoms with E-state index in [2.05, 4.69) is 54.9 Å². The first-order valence-corrected chi connectivity index (χ1v) is 11.6. The molecule has 0 aliphatic heterocycles. The van der Waals surface area contributed by atoms with Gasteiger partial charge in [0.05, 0.1) is 12.0 Å². The highest BCUT2D eigenvalue weighted by molar-refractivity contribution is 7.08. The second-order valence-electron chi connectivity index (χ2n) is 9.11. The molecule has 170 valence electrons. The number of hydrogen-bond acceptors (Lipinski definition) is 5. The molecule has 3 rings (SSSR count). The maximum absolute atomic E-state index is 9.85. The zero-order chi connectivity index (χ0) is 24.2. The third-order valence-electron chi connectivity index (χ3n) is 5.30. The maximum atomic E-state index is 9.85. The molecule has 0 spiro atoms. The third kappa shape index (κ3) is 5.68. The fraction of sp³-hybridized carbons (Fsp3) is 0.296. The summed E-state index contributed by atoms with van der Waals surface area (Å²) in [4.78, 5) is 6.53. The van der Waals surface area contributed by atoms with Crippen LogP contribution in [-0.4, -0.2) is 29.2 Å². The summed E-state index contributed by atoms with van der Waals surface area (Å²) < 4.78 is 10.7. The maximum Gasteiger partial charge on any atom is 0.218 e. The van der Waals surface area contributed by atoms with Gasteiger partial charge in [-0.1, -0.05) is 51.1 Å². The molecule has 0 saturated carbocycles. The van der Waals surface area contributed by atoms with E-state index in [-0.39, 0.29) is 5.41 Å². The Morgan fingerprint density at radius 3 is 2.48 bits per heavy atom. The SMILES string of the molecule is C=CCN(C)C=Nc1cc(C)c(Oc2snc(-c3ccc(C(C)(C)C)cc3)c2C#N)cc1C. The molecule has 3 aromatic rings. The lowest BCUT2D eigenvalue weighted by atomic mass is 9.86. The molecule has 0 fully saturated rings. The van der Waals surface area contributed by atoms with Crippen LogP contribution < -0.4 is 4.74 Å². The summed E-state index contributed by atoms with van der Waals surface area (Å²) in [5.74, 6) is 0.695. The molecule has 0 atom stereocenters. The second kappa shape index (κ2) is 10.0. The van der Waals surface area contributed by atoms with Crippen molar-refractivity contribution >= 4 is 23.6 Å². The largest absolute Gasteiger partial charge is 0.443 e. The number of rotatable bonds is 7. The first kappa shape index (κ1) is 24.2. The highest BCUT2D eigenvalue weighted by Crippen LogP contribution is 2.39. The normalized spacial score (nSPS) is 11.4. The van der Waals surface area contributed by atoms with Gasteiger partial charge in [-0.15, -0.1) is 6.58 Å². The molecular formula is C27H30N4OS. The van der Waals surface area contributed by atoms with Crippen molar-refractivity contribution in [2.45, 2.75) is 40.0 Å². The minimum Gasteiger partial charge on any atom is -0.443 e. The monoisotopic (exact) mass is 458 g/mol. The Bertz CT molecular complexity index is 1210. The van der Waals surface area contributed by atoms with E-state index >= 15 is 0 Å². The fourth-order valence-corrected chi connectivity index (χ4v) is 4.03. The molecule has 2 aromatic carbocycles. The van der Waals surface area contributed by atoms with E-state index in [0.717, 1.165) is 28.9 Å². The van der Waals surface area contributed by atoms with Gasteiger partial charge in [-0.05, 0) is 48.1 Å². The van der Waals surface area contributed by atoms with Crippen LogP contribution in [0.3, 0.4) is 0 Å². The van der Waals surface area contributed by atoms with E-state index in [1.54, 1.807) is 6.34 Å². The average molecular weight is 459 g/mol. The van der Waals surface area contributed by atoms with Crippen LogP contribution in [0.1, 0.15) is 43.0 Å². The Kier molecular flexibility index (Phi) is 7.35. The van der Waals surface area contributed by atoms with Gasteiger partial charge in [-0.2, -0.15) is 9.64 Å². The van der Waals surface area contributed by atoms with Crippen LogP contribution in [-0.2, 0) is 5.41 Å². The highest BCUT2D eigenvalue weighted by atomic mass is 32.1. The standard InChI is InChI=1S/C27H30N4OS/c1-8-13-31(7)17-29-23-14-19(3)24(15-18(23)2)32-26-22(16-28)25(30-33-26)20-9-11-21(12-10-20)27(4,5)6/h8-12,14-15,17H,1,13H2,2-7H3. The van der Waals surface area contributed by atoms with Gasteiger partial charge in [-0.3, -0.25) is 0 Å². The van der Waals surface area contributed by atoms with Crippen LogP contribution >= 0.6 is 11.5 Å². The van der Waals surface area contributed by atoms with Crippen molar-refractivity contribution in [1.29, 1.82) is 5.26 Å². The molecule has 0 bridgehead atoms. The Balaban J connectivity index is 1.87. The number of aryl methyl sites for hydroxylation is 2. The predicted molar refractivity (Wildman–Crippen MR) is 138 cm³/mol. The Hall–Kier alpha value is -3.43. The van der Waals surface area contributed by atoms with Gasteiger partial charge < -0.3 is 9.64 Å². The molecule has 0 radical (unpaired) electrons. The van der Waals surface area contributed by atoms with Gasteiger partial charge in [0.2, 0.25) is 5.06 Å². The first-order valence-electron chi connectivity index (χ1n) is 10.8. The zero-order valence-electron chi connectivity index (χ0n) is 20.1. The van der Waals surface area contributed by atoms with E-state index in [9.17, 15) is 5.26 Å². The van der Waals surface area contributed by atoms with Crippen molar-refractivity contribution in [2.24, 2.45) is 4.99 Å². The number of aliphatic imine (C=N–C) groups is 1. The average Bonchev–Trinajstić information content (AvgIpc) is 3.17. The summed E-state index contributed by atoms with van der Waals surface area (Å²) in [6.07, 6.45) is 3.62. The van der Waals surface area contributed by atoms with Crippen molar-refractivity contribution in [3.05, 3.63) is 71.3 Å². The molecule has 1 heterocycles. The molecule has 5 nitrogen and oxygen atoms in total. The minimum absolute atomic E-state index is 0.0690. The van der Waals surface area contributed by atoms with Crippen LogP contribution in [0.15, 0.2) is 54.0 Å². The summed E-state index contributed by atoms with van der Waals surface area (Å²) >= 11 is 1.20. The summed E-state index contributed by atoms with van der Waals surface area (Å²) in [5, 5.41) is 10.3. The zero-order valence-corrected chi connectivity index (χ0v) is 21.0. The van der Waals surface area contributed by atoms with Gasteiger partial charge in [0.25, 0.3) is 0 Å². The van der Waals surface area contributed by atoms with Crippen LogP contribution in [0.4, 0.5) is 5.69 Å². The first-order chi connectivity index (χ1) is 15.6. The number of nitriles is 1. The summed E-state index contributed by atoms with van der Waals surface area (Å²) in [5.41, 5.74) is 6.12. The molecule has 0 unspecified atom stereocenters. The molecule has 0 aliphatic carbocycles. The summed E-state index contributed by atoms with van der Waals surface area (Å²) in [6.45, 7) is 15.0. The Labute approximate surface area is 200 Å².